The van der Waals surface area contributed by atoms with E-state index < -0.39 is 0 Å². The van der Waals surface area contributed by atoms with E-state index in [1.807, 2.05) is 0 Å². The smallest absolute Gasteiger partial charge is 0.208 e. The summed E-state index contributed by atoms with van der Waals surface area (Å²) in [4.78, 5) is 7.26. The minimum Gasteiger partial charge on any atom is -0.370 e. The molecule has 0 saturated heterocycles. The Morgan fingerprint density at radius 3 is 2.60 bits per heavy atom. The minimum absolute atomic E-state index is 0.877. The first-order valence-corrected chi connectivity index (χ1v) is 9.09. The van der Waals surface area contributed by atoms with E-state index in [9.17, 15) is 0 Å². The number of anilines is 3. The Labute approximate surface area is 150 Å². The monoisotopic (exact) mass is 336 g/mol. The number of hydrogen-bond donors (Lipinski definition) is 1. The van der Waals surface area contributed by atoms with Crippen LogP contribution in [0.4, 0.5) is 17.3 Å². The highest BCUT2D eigenvalue weighted by atomic mass is 15.2. The molecule has 4 nitrogen and oxygen atoms in total. The van der Waals surface area contributed by atoms with E-state index in [0.717, 1.165) is 36.7 Å². The Morgan fingerprint density at radius 2 is 1.92 bits per heavy atom. The van der Waals surface area contributed by atoms with Gasteiger partial charge in [-0.3, -0.25) is 0 Å². The summed E-state index contributed by atoms with van der Waals surface area (Å²) >= 11 is 0. The molecule has 3 rings (SSSR count). The molecule has 0 aliphatic heterocycles. The van der Waals surface area contributed by atoms with Gasteiger partial charge in [0.25, 0.3) is 0 Å². The van der Waals surface area contributed by atoms with Crippen LogP contribution in [0.15, 0.2) is 36.4 Å². The van der Waals surface area contributed by atoms with Crippen molar-refractivity contribution in [3.63, 3.8) is 0 Å². The van der Waals surface area contributed by atoms with Gasteiger partial charge in [0.2, 0.25) is 5.95 Å². The lowest BCUT2D eigenvalue weighted by Crippen LogP contribution is -2.24. The third kappa shape index (κ3) is 3.34. The Bertz CT molecular complexity index is 879. The Morgan fingerprint density at radius 1 is 1.12 bits per heavy atom. The van der Waals surface area contributed by atoms with E-state index in [-0.39, 0.29) is 0 Å². The molecule has 4 heteroatoms. The molecular formula is C21H28N4. The maximum Gasteiger partial charge on any atom is 0.208 e. The van der Waals surface area contributed by atoms with Gasteiger partial charge < -0.3 is 14.8 Å². The second-order valence-corrected chi connectivity index (χ2v) is 6.66. The normalized spacial score (nSPS) is 11.1. The van der Waals surface area contributed by atoms with E-state index in [0.29, 0.717) is 0 Å². The van der Waals surface area contributed by atoms with Gasteiger partial charge in [0.1, 0.15) is 0 Å². The van der Waals surface area contributed by atoms with E-state index in [1.54, 1.807) is 0 Å². The number of fused-ring (bicyclic) bond motifs is 1. The average molecular weight is 336 g/mol. The maximum atomic E-state index is 4.83. The molecule has 0 atom stereocenters. The Balaban J connectivity index is 2.05. The number of nitrogens with zero attached hydrogens (tertiary/aromatic N) is 3. The van der Waals surface area contributed by atoms with Crippen LogP contribution in [-0.4, -0.2) is 22.6 Å². The predicted octanol–water partition coefficient (Wildman–Crippen LogP) is 5.17. The van der Waals surface area contributed by atoms with E-state index in [1.165, 1.54) is 22.3 Å². The van der Waals surface area contributed by atoms with Gasteiger partial charge in [0.15, 0.2) is 0 Å². The molecule has 0 amide bonds. The lowest BCUT2D eigenvalue weighted by molar-refractivity contribution is 0.791. The van der Waals surface area contributed by atoms with Crippen LogP contribution in [0, 0.1) is 13.8 Å². The molecule has 132 valence electrons. The van der Waals surface area contributed by atoms with Gasteiger partial charge in [-0.1, -0.05) is 30.7 Å². The fourth-order valence-electron chi connectivity index (χ4n) is 3.41. The highest BCUT2D eigenvalue weighted by Crippen LogP contribution is 2.30. The van der Waals surface area contributed by atoms with E-state index in [4.69, 9.17) is 4.98 Å². The highest BCUT2D eigenvalue weighted by molar-refractivity contribution is 5.91. The number of para-hydroxylation sites is 1. The fourth-order valence-corrected chi connectivity index (χ4v) is 3.41. The molecule has 0 spiro atoms. The zero-order chi connectivity index (χ0) is 18.0. The SMILES string of the molecule is CCCN(CC)c1cccc2nc(Nc3ccc(C)cc3C)n(C)c12. The summed E-state index contributed by atoms with van der Waals surface area (Å²) in [5.74, 6) is 0.877. The van der Waals surface area contributed by atoms with Crippen molar-refractivity contribution >= 4 is 28.4 Å². The van der Waals surface area contributed by atoms with Gasteiger partial charge in [-0.2, -0.15) is 0 Å². The Kier molecular flexibility index (Phi) is 4.98. The largest absolute Gasteiger partial charge is 0.370 e. The first-order valence-electron chi connectivity index (χ1n) is 9.09. The average Bonchev–Trinajstić information content (AvgIpc) is 2.91. The summed E-state index contributed by atoms with van der Waals surface area (Å²) in [6.07, 6.45) is 1.13. The molecule has 0 radical (unpaired) electrons. The molecular weight excluding hydrogens is 308 g/mol. The second-order valence-electron chi connectivity index (χ2n) is 6.66. The minimum atomic E-state index is 0.877. The van der Waals surface area contributed by atoms with Crippen molar-refractivity contribution in [3.05, 3.63) is 47.5 Å². The van der Waals surface area contributed by atoms with Crippen LogP contribution in [0.3, 0.4) is 0 Å². The molecule has 0 aliphatic carbocycles. The summed E-state index contributed by atoms with van der Waals surface area (Å²) in [7, 11) is 2.09. The lowest BCUT2D eigenvalue weighted by atomic mass is 10.1. The van der Waals surface area contributed by atoms with Gasteiger partial charge in [-0.05, 0) is 51.0 Å². The second kappa shape index (κ2) is 7.18. The summed E-state index contributed by atoms with van der Waals surface area (Å²) < 4.78 is 2.17. The molecule has 1 heterocycles. The van der Waals surface area contributed by atoms with E-state index in [2.05, 4.69) is 85.9 Å². The van der Waals surface area contributed by atoms with Crippen LogP contribution in [0.5, 0.6) is 0 Å². The highest BCUT2D eigenvalue weighted by Gasteiger charge is 2.15. The van der Waals surface area contributed by atoms with Crippen LogP contribution in [-0.2, 0) is 7.05 Å². The molecule has 0 saturated carbocycles. The van der Waals surface area contributed by atoms with Crippen molar-refractivity contribution in [3.8, 4) is 0 Å². The van der Waals surface area contributed by atoms with Gasteiger partial charge in [-0.25, -0.2) is 4.98 Å². The number of benzene rings is 2. The third-order valence-electron chi connectivity index (χ3n) is 4.72. The summed E-state index contributed by atoms with van der Waals surface area (Å²) in [5.41, 5.74) is 7.07. The van der Waals surface area contributed by atoms with Crippen molar-refractivity contribution in [1.29, 1.82) is 0 Å². The first-order chi connectivity index (χ1) is 12.0. The molecule has 3 aromatic rings. The number of aromatic nitrogens is 2. The van der Waals surface area contributed by atoms with Crippen molar-refractivity contribution in [2.24, 2.45) is 7.05 Å². The quantitative estimate of drug-likeness (QED) is 0.674. The van der Waals surface area contributed by atoms with Gasteiger partial charge in [-0.15, -0.1) is 0 Å². The lowest BCUT2D eigenvalue weighted by Gasteiger charge is -2.23. The van der Waals surface area contributed by atoms with Crippen LogP contribution in [0.2, 0.25) is 0 Å². The number of nitrogens with one attached hydrogen (secondary N) is 1. The zero-order valence-electron chi connectivity index (χ0n) is 15.9. The number of imidazole rings is 1. The standard InChI is InChI=1S/C21H28N4/c1-6-13-25(7-2)19-10-8-9-18-20(19)24(5)21(23-18)22-17-12-11-15(3)14-16(17)4/h8-12,14H,6-7,13H2,1-5H3,(H,22,23). The third-order valence-corrected chi connectivity index (χ3v) is 4.72. The molecule has 0 bridgehead atoms. The summed E-state index contributed by atoms with van der Waals surface area (Å²) in [5, 5.41) is 3.51. The molecule has 2 aromatic carbocycles. The molecule has 0 fully saturated rings. The summed E-state index contributed by atoms with van der Waals surface area (Å²) in [6, 6.07) is 12.8. The van der Waals surface area contributed by atoms with Crippen LogP contribution in [0.25, 0.3) is 11.0 Å². The fraction of sp³-hybridized carbons (Fsp3) is 0.381. The van der Waals surface area contributed by atoms with Gasteiger partial charge >= 0.3 is 0 Å². The number of rotatable bonds is 6. The van der Waals surface area contributed by atoms with Crippen molar-refractivity contribution < 1.29 is 0 Å². The molecule has 0 aliphatic rings. The Hall–Kier alpha value is -2.49. The van der Waals surface area contributed by atoms with Crippen molar-refractivity contribution in [1.82, 2.24) is 9.55 Å². The topological polar surface area (TPSA) is 33.1 Å². The molecule has 1 aromatic heterocycles. The van der Waals surface area contributed by atoms with Gasteiger partial charge in [0, 0.05) is 25.8 Å². The predicted molar refractivity (Wildman–Crippen MR) is 108 cm³/mol. The molecule has 1 N–H and O–H groups in total. The zero-order valence-corrected chi connectivity index (χ0v) is 15.9. The molecule has 25 heavy (non-hydrogen) atoms. The molecule has 0 unspecified atom stereocenters. The van der Waals surface area contributed by atoms with Crippen LogP contribution < -0.4 is 10.2 Å². The van der Waals surface area contributed by atoms with E-state index >= 15 is 0 Å². The summed E-state index contributed by atoms with van der Waals surface area (Å²) in [6.45, 7) is 10.7. The first kappa shape index (κ1) is 17.3. The van der Waals surface area contributed by atoms with Gasteiger partial charge in [0.05, 0.1) is 16.7 Å². The van der Waals surface area contributed by atoms with Crippen molar-refractivity contribution in [2.45, 2.75) is 34.1 Å². The number of hydrogen-bond acceptors (Lipinski definition) is 3. The van der Waals surface area contributed by atoms with Crippen LogP contribution >= 0.6 is 0 Å². The van der Waals surface area contributed by atoms with Crippen LogP contribution in [0.1, 0.15) is 31.4 Å². The number of aryl methyl sites for hydroxylation is 3. The van der Waals surface area contributed by atoms with Crippen molar-refractivity contribution in [2.75, 3.05) is 23.3 Å². The maximum absolute atomic E-state index is 4.83.